The number of tetrazole rings is 1. The highest BCUT2D eigenvalue weighted by atomic mass is 35.5. The summed E-state index contributed by atoms with van der Waals surface area (Å²) in [5.74, 6) is 0.724. The second-order valence-electron chi connectivity index (χ2n) is 7.42. The Morgan fingerprint density at radius 3 is 2.59 bits per heavy atom. The van der Waals surface area contributed by atoms with Crippen molar-refractivity contribution in [2.24, 2.45) is 7.05 Å². The van der Waals surface area contributed by atoms with E-state index in [-0.39, 0.29) is 12.3 Å². The van der Waals surface area contributed by atoms with Crippen LogP contribution in [0.25, 0.3) is 16.9 Å². The normalized spacial score (nSPS) is 11.2. The van der Waals surface area contributed by atoms with Crippen molar-refractivity contribution in [2.75, 3.05) is 7.11 Å². The molecule has 0 aliphatic rings. The number of halogens is 1. The maximum atomic E-state index is 12.3. The molecule has 2 aromatic heterocycles. The number of methoxy groups -OCH3 is 1. The van der Waals surface area contributed by atoms with Crippen LogP contribution in [0.15, 0.2) is 47.4 Å². The molecule has 0 aliphatic heterocycles. The molecular weight excluding hydrogens is 432 g/mol. The Balaban J connectivity index is 1.59. The molecule has 0 fully saturated rings. The van der Waals surface area contributed by atoms with E-state index in [0.717, 1.165) is 28.0 Å². The van der Waals surface area contributed by atoms with E-state index in [9.17, 15) is 4.79 Å². The van der Waals surface area contributed by atoms with Crippen LogP contribution in [0.5, 0.6) is 5.75 Å². The van der Waals surface area contributed by atoms with Crippen molar-refractivity contribution in [3.05, 3.63) is 74.8 Å². The van der Waals surface area contributed by atoms with Gasteiger partial charge >= 0.3 is 5.69 Å². The summed E-state index contributed by atoms with van der Waals surface area (Å²) in [5.41, 5.74) is 4.69. The minimum atomic E-state index is -0.317. The summed E-state index contributed by atoms with van der Waals surface area (Å²) < 4.78 is 15.3. The monoisotopic (exact) mass is 454 g/mol. The van der Waals surface area contributed by atoms with Crippen LogP contribution in [0.4, 0.5) is 0 Å². The summed E-state index contributed by atoms with van der Waals surface area (Å²) in [6.07, 6.45) is 1.73. The molecule has 0 bridgehead atoms. The number of hydrogen-bond donors (Lipinski definition) is 0. The van der Waals surface area contributed by atoms with Gasteiger partial charge in [0.25, 0.3) is 0 Å². The van der Waals surface area contributed by atoms with Crippen LogP contribution >= 0.6 is 11.6 Å². The molecule has 0 atom stereocenters. The average Bonchev–Trinajstić information content (AvgIpc) is 3.30. The quantitative estimate of drug-likeness (QED) is 0.425. The van der Waals surface area contributed by atoms with E-state index >= 15 is 0 Å². The predicted molar refractivity (Wildman–Crippen MR) is 120 cm³/mol. The maximum Gasteiger partial charge on any atom is 0.368 e. The van der Waals surface area contributed by atoms with Gasteiger partial charge in [-0.25, -0.2) is 9.48 Å². The van der Waals surface area contributed by atoms with E-state index in [2.05, 4.69) is 15.5 Å². The van der Waals surface area contributed by atoms with Crippen LogP contribution in [-0.2, 0) is 25.1 Å². The Morgan fingerprint density at radius 1 is 1.09 bits per heavy atom. The van der Waals surface area contributed by atoms with E-state index in [4.69, 9.17) is 21.1 Å². The molecule has 4 aromatic rings. The van der Waals surface area contributed by atoms with Gasteiger partial charge in [0.15, 0.2) is 0 Å². The fourth-order valence-corrected chi connectivity index (χ4v) is 3.70. The smallest absolute Gasteiger partial charge is 0.368 e. The predicted octanol–water partition coefficient (Wildman–Crippen LogP) is 3.28. The van der Waals surface area contributed by atoms with Crippen molar-refractivity contribution >= 4 is 11.6 Å². The minimum absolute atomic E-state index is 0.272. The summed E-state index contributed by atoms with van der Waals surface area (Å²) >= 11 is 6.35. The minimum Gasteiger partial charge on any atom is -0.489 e. The molecular formula is C22H23ClN6O3. The topological polar surface area (TPSA) is 89.0 Å². The highest BCUT2D eigenvalue weighted by Gasteiger charge is 2.15. The lowest BCUT2D eigenvalue weighted by atomic mass is 10.1. The maximum absolute atomic E-state index is 12.3. The lowest BCUT2D eigenvalue weighted by Crippen LogP contribution is -2.23. The van der Waals surface area contributed by atoms with Crippen LogP contribution in [0.3, 0.4) is 0 Å². The molecule has 0 saturated heterocycles. The second kappa shape index (κ2) is 8.97. The third kappa shape index (κ3) is 4.17. The van der Waals surface area contributed by atoms with Crippen molar-refractivity contribution in [3.63, 3.8) is 0 Å². The van der Waals surface area contributed by atoms with Gasteiger partial charge in [0.2, 0.25) is 0 Å². The van der Waals surface area contributed by atoms with Crippen LogP contribution in [0, 0.1) is 13.8 Å². The Morgan fingerprint density at radius 2 is 1.91 bits per heavy atom. The van der Waals surface area contributed by atoms with Crippen molar-refractivity contribution in [1.82, 2.24) is 29.6 Å². The molecule has 0 aliphatic carbocycles. The summed E-state index contributed by atoms with van der Waals surface area (Å²) in [4.78, 5) is 12.3. The largest absolute Gasteiger partial charge is 0.489 e. The number of ether oxygens (including phenoxy) is 2. The Labute approximate surface area is 189 Å². The molecule has 4 rings (SSSR count). The summed E-state index contributed by atoms with van der Waals surface area (Å²) in [5, 5.41) is 12.8. The molecule has 0 spiro atoms. The van der Waals surface area contributed by atoms with E-state index in [1.54, 1.807) is 25.0 Å². The van der Waals surface area contributed by atoms with E-state index in [0.29, 0.717) is 23.1 Å². The first kappa shape index (κ1) is 21.8. The zero-order valence-corrected chi connectivity index (χ0v) is 19.0. The zero-order chi connectivity index (χ0) is 22.8. The molecule has 0 unspecified atom stereocenters. The molecule has 10 heteroatoms. The van der Waals surface area contributed by atoms with Gasteiger partial charge in [-0.05, 0) is 59.7 Å². The van der Waals surface area contributed by atoms with Gasteiger partial charge < -0.3 is 9.47 Å². The van der Waals surface area contributed by atoms with Gasteiger partial charge in [-0.3, -0.25) is 0 Å². The molecule has 32 heavy (non-hydrogen) atoms. The number of hydrogen-bond acceptors (Lipinski definition) is 6. The standard InChI is InChI=1S/C22H23ClN6O3/c1-14-6-5-7-19(29-22(30)27(3)25-26-29)17(14)12-32-20-9-8-16(10-15(20)2)21-18(23)11-28(24-21)13-31-4/h5-11H,12-13H2,1-4H3. The first-order valence-electron chi connectivity index (χ1n) is 9.92. The van der Waals surface area contributed by atoms with Crippen molar-refractivity contribution in [3.8, 4) is 22.7 Å². The van der Waals surface area contributed by atoms with Gasteiger partial charge in [-0.1, -0.05) is 23.7 Å². The highest BCUT2D eigenvalue weighted by Crippen LogP contribution is 2.31. The average molecular weight is 455 g/mol. The first-order valence-corrected chi connectivity index (χ1v) is 10.3. The van der Waals surface area contributed by atoms with Crippen LogP contribution in [0.1, 0.15) is 16.7 Å². The van der Waals surface area contributed by atoms with Crippen molar-refractivity contribution < 1.29 is 9.47 Å². The molecule has 0 saturated carbocycles. The molecule has 0 radical (unpaired) electrons. The van der Waals surface area contributed by atoms with Crippen molar-refractivity contribution in [2.45, 2.75) is 27.2 Å². The van der Waals surface area contributed by atoms with E-state index < -0.39 is 0 Å². The summed E-state index contributed by atoms with van der Waals surface area (Å²) in [6.45, 7) is 4.53. The third-order valence-corrected chi connectivity index (χ3v) is 5.41. The molecule has 2 aromatic carbocycles. The van der Waals surface area contributed by atoms with E-state index in [1.165, 1.54) is 9.36 Å². The summed E-state index contributed by atoms with van der Waals surface area (Å²) in [7, 11) is 3.17. The first-order chi connectivity index (χ1) is 15.4. The SMILES string of the molecule is COCn1cc(Cl)c(-c2ccc(OCc3c(C)cccc3-n3nnn(C)c3=O)c(C)c2)n1. The fourth-order valence-electron chi connectivity index (χ4n) is 3.44. The Kier molecular flexibility index (Phi) is 6.11. The van der Waals surface area contributed by atoms with Crippen molar-refractivity contribution in [1.29, 1.82) is 0 Å². The Hall–Kier alpha value is -3.43. The number of benzene rings is 2. The molecule has 0 N–H and O–H groups in total. The molecule has 9 nitrogen and oxygen atoms in total. The van der Waals surface area contributed by atoms with Crippen LogP contribution in [-0.4, -0.2) is 36.7 Å². The Bertz CT molecular complexity index is 1320. The van der Waals surface area contributed by atoms with Gasteiger partial charge in [-0.15, -0.1) is 0 Å². The number of nitrogens with zero attached hydrogens (tertiary/aromatic N) is 6. The van der Waals surface area contributed by atoms with Crippen LogP contribution in [0.2, 0.25) is 5.02 Å². The van der Waals surface area contributed by atoms with Gasteiger partial charge in [-0.2, -0.15) is 14.5 Å². The van der Waals surface area contributed by atoms with Gasteiger partial charge in [0.05, 0.1) is 10.7 Å². The zero-order valence-electron chi connectivity index (χ0n) is 18.2. The molecule has 2 heterocycles. The summed E-state index contributed by atoms with van der Waals surface area (Å²) in [6, 6.07) is 11.5. The van der Waals surface area contributed by atoms with Gasteiger partial charge in [0.1, 0.15) is 24.8 Å². The molecule has 0 amide bonds. The fraction of sp³-hybridized carbons (Fsp3) is 0.273. The lowest BCUT2D eigenvalue weighted by molar-refractivity contribution is 0.121. The highest BCUT2D eigenvalue weighted by molar-refractivity contribution is 6.33. The van der Waals surface area contributed by atoms with Crippen LogP contribution < -0.4 is 10.4 Å². The number of aryl methyl sites for hydroxylation is 3. The number of aromatic nitrogens is 6. The van der Waals surface area contributed by atoms with Gasteiger partial charge in [0, 0.05) is 31.5 Å². The number of rotatable bonds is 7. The van der Waals surface area contributed by atoms with E-state index in [1.807, 2.05) is 50.2 Å². The lowest BCUT2D eigenvalue weighted by Gasteiger charge is -2.14. The third-order valence-electron chi connectivity index (χ3n) is 5.13. The molecule has 166 valence electrons. The second-order valence-corrected chi connectivity index (χ2v) is 7.83.